The van der Waals surface area contributed by atoms with Crippen LogP contribution in [0.3, 0.4) is 0 Å². The second kappa shape index (κ2) is 7.66. The van der Waals surface area contributed by atoms with Crippen molar-refractivity contribution in [1.82, 2.24) is 5.32 Å². The fourth-order valence-corrected chi connectivity index (χ4v) is 2.51. The molecule has 3 heteroatoms. The summed E-state index contributed by atoms with van der Waals surface area (Å²) in [6, 6.07) is -0.0805. The van der Waals surface area contributed by atoms with E-state index in [2.05, 4.69) is 12.2 Å². The number of rotatable bonds is 5. The maximum Gasteiger partial charge on any atom is 0.323 e. The topological polar surface area (TPSA) is 38.3 Å². The predicted octanol–water partition coefficient (Wildman–Crippen LogP) is 2.50. The third-order valence-corrected chi connectivity index (χ3v) is 3.44. The number of carbonyl (C=O) groups excluding carboxylic acids is 1. The predicted molar refractivity (Wildman–Crippen MR) is 65.3 cm³/mol. The highest BCUT2D eigenvalue weighted by atomic mass is 16.5. The first kappa shape index (κ1) is 13.5. The van der Waals surface area contributed by atoms with Gasteiger partial charge in [0.25, 0.3) is 0 Å². The van der Waals surface area contributed by atoms with E-state index in [1.165, 1.54) is 32.8 Å². The largest absolute Gasteiger partial charge is 0.468 e. The van der Waals surface area contributed by atoms with Gasteiger partial charge in [0.05, 0.1) is 7.11 Å². The van der Waals surface area contributed by atoms with E-state index >= 15 is 0 Å². The molecule has 1 N–H and O–H groups in total. The Morgan fingerprint density at radius 1 is 1.31 bits per heavy atom. The van der Waals surface area contributed by atoms with Crippen LogP contribution in [0.4, 0.5) is 0 Å². The number of esters is 1. The van der Waals surface area contributed by atoms with Gasteiger partial charge in [0.15, 0.2) is 0 Å². The second-order valence-corrected chi connectivity index (χ2v) is 4.71. The van der Waals surface area contributed by atoms with Gasteiger partial charge in [0.2, 0.25) is 0 Å². The molecule has 0 radical (unpaired) electrons. The molecule has 1 saturated carbocycles. The van der Waals surface area contributed by atoms with Crippen LogP contribution in [0.25, 0.3) is 0 Å². The van der Waals surface area contributed by atoms with Crippen LogP contribution in [0.2, 0.25) is 0 Å². The van der Waals surface area contributed by atoms with Gasteiger partial charge in [-0.25, -0.2) is 0 Å². The molecule has 0 bridgehead atoms. The van der Waals surface area contributed by atoms with Crippen molar-refractivity contribution in [2.75, 3.05) is 13.7 Å². The minimum absolute atomic E-state index is 0.0805. The van der Waals surface area contributed by atoms with Crippen LogP contribution in [0.5, 0.6) is 0 Å². The molecule has 0 aromatic heterocycles. The van der Waals surface area contributed by atoms with Gasteiger partial charge in [-0.15, -0.1) is 0 Å². The molecule has 0 saturated heterocycles. The zero-order valence-corrected chi connectivity index (χ0v) is 10.6. The minimum Gasteiger partial charge on any atom is -0.468 e. The smallest absolute Gasteiger partial charge is 0.323 e. The Balaban J connectivity index is 2.54. The summed E-state index contributed by atoms with van der Waals surface area (Å²) in [6.45, 7) is 3.02. The number of hydrogen-bond acceptors (Lipinski definition) is 3. The summed E-state index contributed by atoms with van der Waals surface area (Å²) >= 11 is 0. The molecule has 1 fully saturated rings. The van der Waals surface area contributed by atoms with E-state index in [1.54, 1.807) is 0 Å². The van der Waals surface area contributed by atoms with Crippen LogP contribution in [-0.2, 0) is 9.53 Å². The summed E-state index contributed by atoms with van der Waals surface area (Å²) in [5, 5.41) is 3.34. The first-order chi connectivity index (χ1) is 7.79. The van der Waals surface area contributed by atoms with Crippen molar-refractivity contribution in [3.05, 3.63) is 0 Å². The monoisotopic (exact) mass is 227 g/mol. The maximum absolute atomic E-state index is 11.7. The van der Waals surface area contributed by atoms with E-state index in [0.29, 0.717) is 5.92 Å². The Bertz CT molecular complexity index is 198. The van der Waals surface area contributed by atoms with E-state index in [1.807, 2.05) is 0 Å². The zero-order valence-electron chi connectivity index (χ0n) is 10.6. The lowest BCUT2D eigenvalue weighted by atomic mass is 9.91. The molecule has 94 valence electrons. The Labute approximate surface area is 98.9 Å². The SMILES string of the molecule is CCCNC(C(=O)OC)C1CCCCCC1. The summed E-state index contributed by atoms with van der Waals surface area (Å²) in [6.07, 6.45) is 8.53. The highest BCUT2D eigenvalue weighted by Gasteiger charge is 2.28. The molecule has 0 aromatic rings. The van der Waals surface area contributed by atoms with Gasteiger partial charge in [-0.3, -0.25) is 4.79 Å². The van der Waals surface area contributed by atoms with Crippen LogP contribution in [0, 0.1) is 5.92 Å². The first-order valence-electron chi connectivity index (χ1n) is 6.60. The third kappa shape index (κ3) is 4.12. The molecule has 3 nitrogen and oxygen atoms in total. The first-order valence-corrected chi connectivity index (χ1v) is 6.60. The molecule has 1 aliphatic rings. The molecule has 16 heavy (non-hydrogen) atoms. The van der Waals surface area contributed by atoms with Gasteiger partial charge in [-0.1, -0.05) is 32.6 Å². The third-order valence-electron chi connectivity index (χ3n) is 3.44. The molecule has 0 spiro atoms. The number of carbonyl (C=O) groups is 1. The van der Waals surface area contributed by atoms with Crippen molar-refractivity contribution in [2.24, 2.45) is 5.92 Å². The lowest BCUT2D eigenvalue weighted by Crippen LogP contribution is -2.43. The number of hydrogen-bond donors (Lipinski definition) is 1. The Kier molecular flexibility index (Phi) is 6.46. The van der Waals surface area contributed by atoms with E-state index in [-0.39, 0.29) is 12.0 Å². The summed E-state index contributed by atoms with van der Waals surface area (Å²) < 4.78 is 4.90. The zero-order chi connectivity index (χ0) is 11.8. The van der Waals surface area contributed by atoms with Crippen molar-refractivity contribution >= 4 is 5.97 Å². The minimum atomic E-state index is -0.0830. The van der Waals surface area contributed by atoms with Crippen molar-refractivity contribution in [3.63, 3.8) is 0 Å². The molecular formula is C13H25NO2. The fourth-order valence-electron chi connectivity index (χ4n) is 2.51. The van der Waals surface area contributed by atoms with Gasteiger partial charge in [0, 0.05) is 0 Å². The molecule has 1 aliphatic carbocycles. The normalized spacial score (nSPS) is 20.1. The molecule has 1 rings (SSSR count). The average molecular weight is 227 g/mol. The molecular weight excluding hydrogens is 202 g/mol. The lowest BCUT2D eigenvalue weighted by molar-refractivity contribution is -0.144. The standard InChI is InChI=1S/C13H25NO2/c1-3-10-14-12(13(15)16-2)11-8-6-4-5-7-9-11/h11-12,14H,3-10H2,1-2H3. The van der Waals surface area contributed by atoms with E-state index in [0.717, 1.165) is 25.8 Å². The average Bonchev–Trinajstić information content (AvgIpc) is 2.58. The number of nitrogens with one attached hydrogen (secondary N) is 1. The molecule has 0 aromatic carbocycles. The quantitative estimate of drug-likeness (QED) is 0.579. The summed E-state index contributed by atoms with van der Waals surface area (Å²) in [4.78, 5) is 11.7. The second-order valence-electron chi connectivity index (χ2n) is 4.71. The Morgan fingerprint density at radius 3 is 2.44 bits per heavy atom. The van der Waals surface area contributed by atoms with Gasteiger partial charge < -0.3 is 10.1 Å². The number of methoxy groups -OCH3 is 1. The highest BCUT2D eigenvalue weighted by molar-refractivity contribution is 5.76. The summed E-state index contributed by atoms with van der Waals surface area (Å²) in [7, 11) is 1.49. The van der Waals surface area contributed by atoms with Gasteiger partial charge in [-0.05, 0) is 31.7 Å². The van der Waals surface area contributed by atoms with E-state index in [4.69, 9.17) is 4.74 Å². The maximum atomic E-state index is 11.7. The summed E-state index contributed by atoms with van der Waals surface area (Å²) in [5.74, 6) is 0.391. The highest BCUT2D eigenvalue weighted by Crippen LogP contribution is 2.26. The van der Waals surface area contributed by atoms with E-state index in [9.17, 15) is 4.79 Å². The van der Waals surface area contributed by atoms with Gasteiger partial charge in [0.1, 0.15) is 6.04 Å². The molecule has 1 unspecified atom stereocenters. The van der Waals surface area contributed by atoms with Crippen molar-refractivity contribution in [2.45, 2.75) is 57.9 Å². The number of ether oxygens (including phenoxy) is 1. The van der Waals surface area contributed by atoms with Crippen LogP contribution < -0.4 is 5.32 Å². The molecule has 0 heterocycles. The van der Waals surface area contributed by atoms with Crippen molar-refractivity contribution in [1.29, 1.82) is 0 Å². The molecule has 0 amide bonds. The van der Waals surface area contributed by atoms with Gasteiger partial charge >= 0.3 is 5.97 Å². The van der Waals surface area contributed by atoms with Crippen molar-refractivity contribution in [3.8, 4) is 0 Å². The van der Waals surface area contributed by atoms with Crippen molar-refractivity contribution < 1.29 is 9.53 Å². The lowest BCUT2D eigenvalue weighted by Gasteiger charge is -2.24. The van der Waals surface area contributed by atoms with Crippen LogP contribution in [-0.4, -0.2) is 25.7 Å². The van der Waals surface area contributed by atoms with E-state index < -0.39 is 0 Å². The van der Waals surface area contributed by atoms with Crippen LogP contribution in [0.1, 0.15) is 51.9 Å². The fraction of sp³-hybridized carbons (Fsp3) is 0.923. The Morgan fingerprint density at radius 2 is 1.94 bits per heavy atom. The summed E-state index contributed by atoms with van der Waals surface area (Å²) in [5.41, 5.74) is 0. The molecule has 0 aliphatic heterocycles. The van der Waals surface area contributed by atoms with Gasteiger partial charge in [-0.2, -0.15) is 0 Å². The van der Waals surface area contributed by atoms with Crippen LogP contribution in [0.15, 0.2) is 0 Å². The van der Waals surface area contributed by atoms with Crippen LogP contribution >= 0.6 is 0 Å². The molecule has 1 atom stereocenters. The Hall–Kier alpha value is -0.570.